The maximum absolute atomic E-state index is 11.8. The van der Waals surface area contributed by atoms with Crippen LogP contribution >= 0.6 is 0 Å². The number of carboxylic acids is 1. The Morgan fingerprint density at radius 2 is 1.88 bits per heavy atom. The maximum Gasteiger partial charge on any atom is 0.324 e. The van der Waals surface area contributed by atoms with Gasteiger partial charge in [-0.15, -0.1) is 0 Å². The van der Waals surface area contributed by atoms with Gasteiger partial charge >= 0.3 is 5.97 Å². The number of hydrogen-bond donors (Lipinski definition) is 2. The lowest BCUT2D eigenvalue weighted by Gasteiger charge is -2.28. The van der Waals surface area contributed by atoms with Crippen LogP contribution in [-0.2, 0) is 14.8 Å². The van der Waals surface area contributed by atoms with Crippen LogP contribution in [0.1, 0.15) is 40.0 Å². The molecule has 0 spiro atoms. The lowest BCUT2D eigenvalue weighted by Crippen LogP contribution is -2.55. The quantitative estimate of drug-likeness (QED) is 0.707. The normalized spacial score (nSPS) is 14.0. The van der Waals surface area contributed by atoms with Crippen LogP contribution < -0.4 is 4.72 Å². The van der Waals surface area contributed by atoms with Gasteiger partial charge in [-0.2, -0.15) is 9.98 Å². The third-order valence-corrected chi connectivity index (χ3v) is 4.71. The highest BCUT2D eigenvalue weighted by molar-refractivity contribution is 7.90. The van der Waals surface area contributed by atoms with Gasteiger partial charge in [0.2, 0.25) is 10.0 Å². The second-order valence-corrected chi connectivity index (χ2v) is 5.63. The van der Waals surface area contributed by atoms with Crippen molar-refractivity contribution in [3.8, 4) is 6.07 Å². The standard InChI is InChI=1S/C10H18N2O4S/c1-4-8(7-11)17(15,16)12-10(5-2,6-3)9(13)14/h8,12H,4-6H2,1-3H3,(H,13,14). The largest absolute Gasteiger partial charge is 0.480 e. The smallest absolute Gasteiger partial charge is 0.324 e. The summed E-state index contributed by atoms with van der Waals surface area (Å²) >= 11 is 0. The highest BCUT2D eigenvalue weighted by atomic mass is 32.2. The van der Waals surface area contributed by atoms with E-state index in [-0.39, 0.29) is 19.3 Å². The second-order valence-electron chi connectivity index (χ2n) is 3.77. The average molecular weight is 262 g/mol. The summed E-state index contributed by atoms with van der Waals surface area (Å²) in [6.45, 7) is 4.74. The minimum absolute atomic E-state index is 0.120. The summed E-state index contributed by atoms with van der Waals surface area (Å²) in [5.41, 5.74) is -1.52. The number of hydrogen-bond acceptors (Lipinski definition) is 4. The van der Waals surface area contributed by atoms with Crippen molar-refractivity contribution in [3.05, 3.63) is 0 Å². The molecule has 7 heteroatoms. The Hall–Kier alpha value is -1.13. The topological polar surface area (TPSA) is 107 Å². The number of nitriles is 1. The molecule has 0 amide bonds. The van der Waals surface area contributed by atoms with Gasteiger partial charge in [0.1, 0.15) is 5.54 Å². The molecule has 0 rings (SSSR count). The van der Waals surface area contributed by atoms with Gasteiger partial charge in [-0.3, -0.25) is 4.79 Å². The Bertz CT molecular complexity index is 407. The molecule has 98 valence electrons. The fourth-order valence-corrected chi connectivity index (χ4v) is 3.10. The summed E-state index contributed by atoms with van der Waals surface area (Å²) in [7, 11) is -3.94. The Morgan fingerprint density at radius 1 is 1.41 bits per heavy atom. The van der Waals surface area contributed by atoms with E-state index in [1.54, 1.807) is 26.8 Å². The van der Waals surface area contributed by atoms with Crippen molar-refractivity contribution in [2.45, 2.75) is 50.8 Å². The Morgan fingerprint density at radius 3 is 2.12 bits per heavy atom. The molecular weight excluding hydrogens is 244 g/mol. The first-order valence-electron chi connectivity index (χ1n) is 5.45. The first-order chi connectivity index (χ1) is 7.79. The number of carbonyl (C=O) groups is 1. The summed E-state index contributed by atoms with van der Waals surface area (Å²) in [4.78, 5) is 11.2. The van der Waals surface area contributed by atoms with Gasteiger partial charge in [-0.25, -0.2) is 8.42 Å². The Labute approximate surface area is 102 Å². The van der Waals surface area contributed by atoms with Gasteiger partial charge in [0.05, 0.1) is 6.07 Å². The van der Waals surface area contributed by atoms with Crippen molar-refractivity contribution >= 4 is 16.0 Å². The van der Waals surface area contributed by atoms with Crippen LogP contribution in [0.4, 0.5) is 0 Å². The molecule has 0 fully saturated rings. The van der Waals surface area contributed by atoms with Crippen LogP contribution in [-0.4, -0.2) is 30.3 Å². The molecule has 0 aromatic carbocycles. The van der Waals surface area contributed by atoms with Gasteiger partial charge < -0.3 is 5.11 Å². The van der Waals surface area contributed by atoms with Crippen molar-refractivity contribution in [2.24, 2.45) is 0 Å². The summed E-state index contributed by atoms with van der Waals surface area (Å²) in [5.74, 6) is -1.22. The molecule has 0 aliphatic carbocycles. The first kappa shape index (κ1) is 15.9. The monoisotopic (exact) mass is 262 g/mol. The number of sulfonamides is 1. The van der Waals surface area contributed by atoms with E-state index in [0.717, 1.165) is 0 Å². The lowest BCUT2D eigenvalue weighted by atomic mass is 9.95. The molecule has 17 heavy (non-hydrogen) atoms. The number of carboxylic acid groups (broad SMARTS) is 1. The molecule has 1 atom stereocenters. The minimum Gasteiger partial charge on any atom is -0.480 e. The zero-order valence-corrected chi connectivity index (χ0v) is 11.0. The fourth-order valence-electron chi connectivity index (χ4n) is 1.46. The van der Waals surface area contributed by atoms with E-state index in [1.807, 2.05) is 0 Å². The second kappa shape index (κ2) is 5.98. The molecule has 1 unspecified atom stereocenters. The Balaban J connectivity index is 5.29. The van der Waals surface area contributed by atoms with Gasteiger partial charge in [-0.05, 0) is 19.3 Å². The molecule has 0 aromatic rings. The number of aliphatic carboxylic acids is 1. The summed E-state index contributed by atoms with van der Waals surface area (Å²) in [6.07, 6.45) is 0.370. The van der Waals surface area contributed by atoms with Crippen molar-refractivity contribution in [1.29, 1.82) is 5.26 Å². The Kier molecular flexibility index (Phi) is 5.58. The zero-order chi connectivity index (χ0) is 13.7. The SMILES string of the molecule is CCC(C#N)S(=O)(=O)NC(CC)(CC)C(=O)O. The molecule has 0 bridgehead atoms. The van der Waals surface area contributed by atoms with Crippen LogP contribution in [0.3, 0.4) is 0 Å². The summed E-state index contributed by atoms with van der Waals surface area (Å²) in [5, 5.41) is 16.6. The predicted molar refractivity (Wildman–Crippen MR) is 62.7 cm³/mol. The summed E-state index contributed by atoms with van der Waals surface area (Å²) in [6, 6.07) is 1.66. The minimum atomic E-state index is -3.94. The zero-order valence-electron chi connectivity index (χ0n) is 10.2. The van der Waals surface area contributed by atoms with E-state index >= 15 is 0 Å². The van der Waals surface area contributed by atoms with E-state index in [1.165, 1.54) is 0 Å². The van der Waals surface area contributed by atoms with Gasteiger partial charge in [0, 0.05) is 0 Å². The van der Waals surface area contributed by atoms with Crippen LogP contribution in [0.15, 0.2) is 0 Å². The first-order valence-corrected chi connectivity index (χ1v) is 7.00. The molecular formula is C10H18N2O4S. The van der Waals surface area contributed by atoms with Gasteiger partial charge in [0.25, 0.3) is 0 Å². The van der Waals surface area contributed by atoms with E-state index in [0.29, 0.717) is 0 Å². The van der Waals surface area contributed by atoms with Crippen molar-refractivity contribution < 1.29 is 18.3 Å². The number of nitrogens with one attached hydrogen (secondary N) is 1. The highest BCUT2D eigenvalue weighted by Gasteiger charge is 2.41. The lowest BCUT2D eigenvalue weighted by molar-refractivity contribution is -0.144. The van der Waals surface area contributed by atoms with Gasteiger partial charge in [-0.1, -0.05) is 20.8 Å². The maximum atomic E-state index is 11.8. The fraction of sp³-hybridized carbons (Fsp3) is 0.800. The van der Waals surface area contributed by atoms with E-state index in [9.17, 15) is 13.2 Å². The molecule has 0 aromatic heterocycles. The van der Waals surface area contributed by atoms with E-state index in [2.05, 4.69) is 4.72 Å². The van der Waals surface area contributed by atoms with E-state index in [4.69, 9.17) is 10.4 Å². The molecule has 0 saturated carbocycles. The van der Waals surface area contributed by atoms with Crippen molar-refractivity contribution in [1.82, 2.24) is 4.72 Å². The van der Waals surface area contributed by atoms with Crippen LogP contribution in [0.25, 0.3) is 0 Å². The van der Waals surface area contributed by atoms with Crippen molar-refractivity contribution in [2.75, 3.05) is 0 Å². The molecule has 0 aliphatic rings. The molecule has 0 aliphatic heterocycles. The summed E-state index contributed by atoms with van der Waals surface area (Å²) < 4.78 is 25.8. The predicted octanol–water partition coefficient (Wildman–Crippen LogP) is 0.851. The molecule has 0 heterocycles. The van der Waals surface area contributed by atoms with E-state index < -0.39 is 26.8 Å². The third kappa shape index (κ3) is 3.41. The van der Waals surface area contributed by atoms with Crippen LogP contribution in [0, 0.1) is 11.3 Å². The number of rotatable bonds is 7. The highest BCUT2D eigenvalue weighted by Crippen LogP contribution is 2.19. The molecule has 0 saturated heterocycles. The third-order valence-electron chi connectivity index (χ3n) is 2.84. The van der Waals surface area contributed by atoms with Crippen LogP contribution in [0.5, 0.6) is 0 Å². The van der Waals surface area contributed by atoms with Gasteiger partial charge in [0.15, 0.2) is 5.25 Å². The average Bonchev–Trinajstić information content (AvgIpc) is 2.26. The molecule has 0 radical (unpaired) electrons. The number of nitrogens with zero attached hydrogens (tertiary/aromatic N) is 1. The van der Waals surface area contributed by atoms with Crippen molar-refractivity contribution in [3.63, 3.8) is 0 Å². The molecule has 2 N–H and O–H groups in total. The molecule has 6 nitrogen and oxygen atoms in total. The van der Waals surface area contributed by atoms with Crippen LogP contribution in [0.2, 0.25) is 0 Å².